The van der Waals surface area contributed by atoms with Crippen molar-refractivity contribution in [2.24, 2.45) is 23.5 Å². The number of carbonyl (C=O) groups excluding carboxylic acids is 1. The first-order chi connectivity index (χ1) is 11.1. The molecule has 2 bridgehead atoms. The Kier molecular flexibility index (Phi) is 6.47. The second-order valence-corrected chi connectivity index (χ2v) is 6.79. The van der Waals surface area contributed by atoms with E-state index in [4.69, 9.17) is 10.5 Å². The molecule has 2 aliphatic carbocycles. The van der Waals surface area contributed by atoms with Gasteiger partial charge in [-0.2, -0.15) is 0 Å². The summed E-state index contributed by atoms with van der Waals surface area (Å²) < 4.78 is 19.0. The molecular formula is C18H26ClFN2O2. The first-order valence-corrected chi connectivity index (χ1v) is 8.54. The van der Waals surface area contributed by atoms with Crippen LogP contribution in [0.2, 0.25) is 0 Å². The summed E-state index contributed by atoms with van der Waals surface area (Å²) in [6.45, 7) is 2.41. The molecule has 3 rings (SSSR count). The summed E-state index contributed by atoms with van der Waals surface area (Å²) in [6.07, 6.45) is 3.94. The molecule has 2 aliphatic rings. The lowest BCUT2D eigenvalue weighted by atomic mass is 9.84. The maximum absolute atomic E-state index is 13.2. The van der Waals surface area contributed by atoms with E-state index >= 15 is 0 Å². The average Bonchev–Trinajstić information content (AvgIpc) is 3.12. The Morgan fingerprint density at radius 3 is 2.79 bits per heavy atom. The molecule has 24 heavy (non-hydrogen) atoms. The highest BCUT2D eigenvalue weighted by atomic mass is 35.5. The number of hydrogen-bond donors (Lipinski definition) is 2. The van der Waals surface area contributed by atoms with Crippen LogP contribution in [0, 0.1) is 23.6 Å². The minimum atomic E-state index is -0.325. The van der Waals surface area contributed by atoms with Crippen molar-refractivity contribution in [3.05, 3.63) is 30.1 Å². The van der Waals surface area contributed by atoms with E-state index in [1.165, 1.54) is 12.1 Å². The molecule has 1 amide bonds. The van der Waals surface area contributed by atoms with Crippen LogP contribution in [0.15, 0.2) is 24.3 Å². The van der Waals surface area contributed by atoms with E-state index in [0.29, 0.717) is 24.1 Å². The van der Waals surface area contributed by atoms with E-state index in [2.05, 4.69) is 5.32 Å². The van der Waals surface area contributed by atoms with Crippen molar-refractivity contribution >= 4 is 18.3 Å². The number of rotatable bonds is 6. The van der Waals surface area contributed by atoms with Crippen LogP contribution in [0.5, 0.6) is 5.75 Å². The van der Waals surface area contributed by atoms with Gasteiger partial charge in [0.25, 0.3) is 0 Å². The highest BCUT2D eigenvalue weighted by Crippen LogP contribution is 2.47. The molecule has 0 aliphatic heterocycles. The number of hydrogen-bond acceptors (Lipinski definition) is 3. The van der Waals surface area contributed by atoms with Crippen molar-refractivity contribution in [3.63, 3.8) is 0 Å². The summed E-state index contributed by atoms with van der Waals surface area (Å²) in [7, 11) is 0. The summed E-state index contributed by atoms with van der Waals surface area (Å²) >= 11 is 0. The van der Waals surface area contributed by atoms with Gasteiger partial charge in [0.15, 0.2) is 0 Å². The fourth-order valence-corrected chi connectivity index (χ4v) is 4.06. The number of ether oxygens (including phenoxy) is 1. The molecule has 0 aromatic heterocycles. The van der Waals surface area contributed by atoms with Crippen molar-refractivity contribution in [1.82, 2.24) is 5.32 Å². The van der Waals surface area contributed by atoms with Gasteiger partial charge < -0.3 is 15.8 Å². The van der Waals surface area contributed by atoms with Gasteiger partial charge in [-0.15, -0.1) is 12.4 Å². The molecule has 0 radical (unpaired) electrons. The predicted octanol–water partition coefficient (Wildman–Crippen LogP) is 2.89. The molecule has 0 saturated heterocycles. The number of carbonyl (C=O) groups is 1. The Labute approximate surface area is 148 Å². The van der Waals surface area contributed by atoms with E-state index < -0.39 is 0 Å². The third kappa shape index (κ3) is 4.01. The number of benzene rings is 1. The van der Waals surface area contributed by atoms with Gasteiger partial charge in [-0.25, -0.2) is 4.39 Å². The standard InChI is InChI=1S/C18H25FN2O2.ClH/c1-2-14(23-15-5-3-4-13(19)9-15)10-21-18(22)16-11-6-7-12(8-11)17(16)20;/h3-5,9,11-12,14,16-17H,2,6-8,10,20H2,1H3,(H,21,22);1H. The number of nitrogens with one attached hydrogen (secondary N) is 1. The van der Waals surface area contributed by atoms with Crippen LogP contribution in [0.3, 0.4) is 0 Å². The van der Waals surface area contributed by atoms with Gasteiger partial charge >= 0.3 is 0 Å². The quantitative estimate of drug-likeness (QED) is 0.823. The SMILES string of the molecule is CCC(CNC(=O)C1C2CCC(C2)C1N)Oc1cccc(F)c1.Cl. The predicted molar refractivity (Wildman–Crippen MR) is 93.7 cm³/mol. The monoisotopic (exact) mass is 356 g/mol. The van der Waals surface area contributed by atoms with Gasteiger partial charge in [0.1, 0.15) is 17.7 Å². The van der Waals surface area contributed by atoms with E-state index in [1.54, 1.807) is 12.1 Å². The highest BCUT2D eigenvalue weighted by molar-refractivity contribution is 5.85. The molecule has 5 atom stereocenters. The highest BCUT2D eigenvalue weighted by Gasteiger charge is 2.48. The molecule has 5 unspecified atom stereocenters. The van der Waals surface area contributed by atoms with E-state index in [-0.39, 0.29) is 42.2 Å². The number of nitrogens with two attached hydrogens (primary N) is 1. The normalized spacial score (nSPS) is 29.0. The molecular weight excluding hydrogens is 331 g/mol. The number of amides is 1. The zero-order valence-corrected chi connectivity index (χ0v) is 14.7. The van der Waals surface area contributed by atoms with Gasteiger partial charge in [-0.3, -0.25) is 4.79 Å². The Hall–Kier alpha value is -1.33. The number of fused-ring (bicyclic) bond motifs is 2. The van der Waals surface area contributed by atoms with Gasteiger partial charge in [0, 0.05) is 12.1 Å². The average molecular weight is 357 g/mol. The molecule has 3 N–H and O–H groups in total. The second-order valence-electron chi connectivity index (χ2n) is 6.79. The van der Waals surface area contributed by atoms with Crippen LogP contribution < -0.4 is 15.8 Å². The molecule has 2 saturated carbocycles. The molecule has 1 aromatic carbocycles. The maximum Gasteiger partial charge on any atom is 0.225 e. The summed E-state index contributed by atoms with van der Waals surface area (Å²) in [5, 5.41) is 2.99. The Bertz CT molecular complexity index is 570. The minimum absolute atomic E-state index is 0. The summed E-state index contributed by atoms with van der Waals surface area (Å²) in [4.78, 5) is 12.5. The molecule has 134 valence electrons. The van der Waals surface area contributed by atoms with Crippen LogP contribution in [0.25, 0.3) is 0 Å². The minimum Gasteiger partial charge on any atom is -0.489 e. The smallest absolute Gasteiger partial charge is 0.225 e. The lowest BCUT2D eigenvalue weighted by molar-refractivity contribution is -0.127. The van der Waals surface area contributed by atoms with Gasteiger partial charge in [-0.05, 0) is 49.7 Å². The largest absolute Gasteiger partial charge is 0.489 e. The molecule has 6 heteroatoms. The summed E-state index contributed by atoms with van der Waals surface area (Å²) in [5.41, 5.74) is 6.21. The third-order valence-corrected chi connectivity index (χ3v) is 5.34. The van der Waals surface area contributed by atoms with Crippen LogP contribution in [0.4, 0.5) is 4.39 Å². The zero-order chi connectivity index (χ0) is 16.4. The van der Waals surface area contributed by atoms with Crippen molar-refractivity contribution in [3.8, 4) is 5.75 Å². The summed E-state index contributed by atoms with van der Waals surface area (Å²) in [6, 6.07) is 6.07. The fraction of sp³-hybridized carbons (Fsp3) is 0.611. The van der Waals surface area contributed by atoms with Crippen molar-refractivity contribution < 1.29 is 13.9 Å². The number of halogens is 2. The van der Waals surface area contributed by atoms with Crippen LogP contribution in [-0.4, -0.2) is 24.6 Å². The van der Waals surface area contributed by atoms with Crippen LogP contribution >= 0.6 is 12.4 Å². The maximum atomic E-state index is 13.2. The third-order valence-electron chi connectivity index (χ3n) is 5.34. The Balaban J connectivity index is 0.00000208. The lowest BCUT2D eigenvalue weighted by Gasteiger charge is -2.28. The van der Waals surface area contributed by atoms with E-state index in [0.717, 1.165) is 25.7 Å². The van der Waals surface area contributed by atoms with E-state index in [1.807, 2.05) is 6.92 Å². The fourth-order valence-electron chi connectivity index (χ4n) is 4.06. The van der Waals surface area contributed by atoms with Crippen LogP contribution in [-0.2, 0) is 4.79 Å². The Morgan fingerprint density at radius 2 is 2.17 bits per heavy atom. The molecule has 4 nitrogen and oxygen atoms in total. The first-order valence-electron chi connectivity index (χ1n) is 8.54. The van der Waals surface area contributed by atoms with Crippen molar-refractivity contribution in [2.75, 3.05) is 6.54 Å². The van der Waals surface area contributed by atoms with Crippen molar-refractivity contribution in [2.45, 2.75) is 44.8 Å². The molecule has 0 spiro atoms. The van der Waals surface area contributed by atoms with Gasteiger partial charge in [0.05, 0.1) is 12.5 Å². The van der Waals surface area contributed by atoms with Crippen molar-refractivity contribution in [1.29, 1.82) is 0 Å². The second kappa shape index (κ2) is 8.17. The summed E-state index contributed by atoms with van der Waals surface area (Å²) in [5.74, 6) is 1.11. The molecule has 1 aromatic rings. The molecule has 0 heterocycles. The molecule has 2 fully saturated rings. The zero-order valence-electron chi connectivity index (χ0n) is 13.9. The lowest BCUT2D eigenvalue weighted by Crippen LogP contribution is -2.47. The first kappa shape index (κ1) is 19.0. The topological polar surface area (TPSA) is 64.4 Å². The Morgan fingerprint density at radius 1 is 1.42 bits per heavy atom. The van der Waals surface area contributed by atoms with Gasteiger partial charge in [-0.1, -0.05) is 13.0 Å². The van der Waals surface area contributed by atoms with Gasteiger partial charge in [0.2, 0.25) is 5.91 Å². The van der Waals surface area contributed by atoms with Crippen LogP contribution in [0.1, 0.15) is 32.6 Å². The van der Waals surface area contributed by atoms with E-state index in [9.17, 15) is 9.18 Å².